The Bertz CT molecular complexity index is 728. The Balaban J connectivity index is 3.39. The Morgan fingerprint density at radius 2 is 1.86 bits per heavy atom. The summed E-state index contributed by atoms with van der Waals surface area (Å²) in [5, 5.41) is 9.00. The number of nitrogens with zero attached hydrogens (tertiary/aromatic N) is 2. The molecular weight excluding hydrogens is 423 g/mol. The summed E-state index contributed by atoms with van der Waals surface area (Å²) >= 11 is 0. The Hall–Kier alpha value is -0.790. The van der Waals surface area contributed by atoms with Crippen LogP contribution in [0.25, 0.3) is 0 Å². The minimum Gasteiger partial charge on any atom is -0.480 e. The molecule has 0 amide bonds. The standard InChI is InChI=1S/C17H34FN3O6P2/c1-7-26-28(24)17(5,6)29(25,27-8-2)21(14(11-18)20-28)12-16(3,4)10-9-13(19)15(22)23/h13H,7-12,19H2,1-6H3,(H,22,23)/t13-,28?,29?/m0/s1. The van der Waals surface area contributed by atoms with Gasteiger partial charge in [0.1, 0.15) is 18.6 Å². The summed E-state index contributed by atoms with van der Waals surface area (Å²) < 4.78 is 57.8. The summed E-state index contributed by atoms with van der Waals surface area (Å²) in [6, 6.07) is -1.03. The first-order valence-electron chi connectivity index (χ1n) is 9.62. The molecule has 1 heterocycles. The number of hydrogen-bond acceptors (Lipinski definition) is 6. The maximum atomic E-state index is 14.1. The van der Waals surface area contributed by atoms with Crippen LogP contribution in [-0.2, 0) is 23.0 Å². The normalized spacial score (nSPS) is 28.1. The molecule has 12 heteroatoms. The molecule has 0 aliphatic carbocycles. The van der Waals surface area contributed by atoms with E-state index in [4.69, 9.17) is 19.9 Å². The first kappa shape index (κ1) is 26.2. The van der Waals surface area contributed by atoms with Gasteiger partial charge in [0.15, 0.2) is 4.90 Å². The van der Waals surface area contributed by atoms with Crippen LogP contribution >= 0.6 is 15.0 Å². The van der Waals surface area contributed by atoms with E-state index in [2.05, 4.69) is 4.76 Å². The van der Waals surface area contributed by atoms with Crippen LogP contribution < -0.4 is 5.73 Å². The van der Waals surface area contributed by atoms with Crippen LogP contribution in [0.15, 0.2) is 4.76 Å². The van der Waals surface area contributed by atoms with Crippen molar-refractivity contribution in [3.63, 3.8) is 0 Å². The summed E-state index contributed by atoms with van der Waals surface area (Å²) in [5.74, 6) is -1.35. The fourth-order valence-electron chi connectivity index (χ4n) is 3.13. The number of carboxylic acid groups (broad SMARTS) is 1. The first-order valence-corrected chi connectivity index (χ1v) is 12.8. The van der Waals surface area contributed by atoms with E-state index >= 15 is 0 Å². The van der Waals surface area contributed by atoms with E-state index in [0.717, 1.165) is 0 Å². The average Bonchev–Trinajstić information content (AvgIpc) is 2.61. The molecule has 3 atom stereocenters. The zero-order valence-corrected chi connectivity index (χ0v) is 19.8. The van der Waals surface area contributed by atoms with Crippen molar-refractivity contribution >= 4 is 26.8 Å². The van der Waals surface area contributed by atoms with Gasteiger partial charge in [-0.25, -0.2) is 4.39 Å². The number of alkyl halides is 1. The molecule has 0 saturated carbocycles. The molecular formula is C17H34FN3O6P2. The highest BCUT2D eigenvalue weighted by Gasteiger charge is 2.63. The highest BCUT2D eigenvalue weighted by Crippen LogP contribution is 2.81. The topological polar surface area (TPSA) is 132 Å². The molecule has 0 fully saturated rings. The molecule has 0 saturated heterocycles. The lowest BCUT2D eigenvalue weighted by molar-refractivity contribution is -0.138. The van der Waals surface area contributed by atoms with E-state index in [9.17, 15) is 18.3 Å². The van der Waals surface area contributed by atoms with E-state index in [1.54, 1.807) is 13.8 Å². The van der Waals surface area contributed by atoms with Crippen molar-refractivity contribution in [2.75, 3.05) is 26.4 Å². The third kappa shape index (κ3) is 5.28. The van der Waals surface area contributed by atoms with Crippen molar-refractivity contribution in [3.05, 3.63) is 0 Å². The van der Waals surface area contributed by atoms with E-state index < -0.39 is 44.0 Å². The zero-order chi connectivity index (χ0) is 22.7. The number of rotatable bonds is 11. The second kappa shape index (κ2) is 9.56. The van der Waals surface area contributed by atoms with Gasteiger partial charge in [-0.05, 0) is 46.0 Å². The highest BCUT2D eigenvalue weighted by atomic mass is 31.2. The van der Waals surface area contributed by atoms with E-state index in [1.807, 2.05) is 13.8 Å². The molecule has 0 aromatic heterocycles. The lowest BCUT2D eigenvalue weighted by Gasteiger charge is -2.48. The van der Waals surface area contributed by atoms with E-state index in [0.29, 0.717) is 6.42 Å². The Labute approximate surface area is 172 Å². The van der Waals surface area contributed by atoms with Crippen LogP contribution in [0.5, 0.6) is 0 Å². The lowest BCUT2D eigenvalue weighted by atomic mass is 9.86. The van der Waals surface area contributed by atoms with E-state index in [-0.39, 0.29) is 32.0 Å². The van der Waals surface area contributed by atoms with Gasteiger partial charge < -0.3 is 19.9 Å². The second-order valence-corrected chi connectivity index (χ2v) is 14.1. The van der Waals surface area contributed by atoms with Crippen molar-refractivity contribution in [2.45, 2.75) is 65.3 Å². The number of amidine groups is 1. The summed E-state index contributed by atoms with van der Waals surface area (Å²) in [6.45, 7) is 9.04. The van der Waals surface area contributed by atoms with Crippen molar-refractivity contribution < 1.29 is 32.5 Å². The molecule has 2 unspecified atom stereocenters. The number of carbonyl (C=O) groups is 1. The lowest BCUT2D eigenvalue weighted by Crippen LogP contribution is -2.46. The van der Waals surface area contributed by atoms with Gasteiger partial charge in [-0.3, -0.25) is 18.6 Å². The van der Waals surface area contributed by atoms with Crippen molar-refractivity contribution in [1.82, 2.24) is 4.67 Å². The van der Waals surface area contributed by atoms with Crippen LogP contribution in [0.2, 0.25) is 0 Å². The van der Waals surface area contributed by atoms with Crippen LogP contribution in [0.4, 0.5) is 4.39 Å². The molecule has 170 valence electrons. The third-order valence-corrected chi connectivity index (χ3v) is 12.0. The smallest absolute Gasteiger partial charge is 0.333 e. The molecule has 0 spiro atoms. The molecule has 29 heavy (non-hydrogen) atoms. The molecule has 0 aromatic rings. The van der Waals surface area contributed by atoms with Gasteiger partial charge in [0.2, 0.25) is 0 Å². The number of aliphatic carboxylic acids is 1. The molecule has 1 aliphatic rings. The molecule has 1 aliphatic heterocycles. The van der Waals surface area contributed by atoms with Crippen LogP contribution in [0, 0.1) is 5.41 Å². The zero-order valence-electron chi connectivity index (χ0n) is 18.1. The SMILES string of the molecule is CCOP1(=O)N=C(CF)N(CC(C)(C)CC[C@H](N)C(=O)O)P(=O)(OCC)C1(C)C. The second-order valence-electron chi connectivity index (χ2n) is 8.23. The molecule has 9 nitrogen and oxygen atoms in total. The Morgan fingerprint density at radius 1 is 1.31 bits per heavy atom. The van der Waals surface area contributed by atoms with Gasteiger partial charge in [0.05, 0.1) is 13.2 Å². The molecule has 3 N–H and O–H groups in total. The number of halogens is 1. The van der Waals surface area contributed by atoms with Crippen LogP contribution in [0.3, 0.4) is 0 Å². The predicted molar refractivity (Wildman–Crippen MR) is 111 cm³/mol. The quantitative estimate of drug-likeness (QED) is 0.444. The molecule has 1 rings (SSSR count). The van der Waals surface area contributed by atoms with Crippen molar-refractivity contribution in [1.29, 1.82) is 0 Å². The van der Waals surface area contributed by atoms with Gasteiger partial charge in [-0.15, -0.1) is 0 Å². The number of nitrogens with two attached hydrogens (primary N) is 1. The fraction of sp³-hybridized carbons (Fsp3) is 0.882. The van der Waals surface area contributed by atoms with Gasteiger partial charge in [-0.1, -0.05) is 13.8 Å². The Morgan fingerprint density at radius 3 is 2.31 bits per heavy atom. The predicted octanol–water partition coefficient (Wildman–Crippen LogP) is 4.08. The Kier molecular flexibility index (Phi) is 8.66. The minimum atomic E-state index is -3.89. The van der Waals surface area contributed by atoms with Gasteiger partial charge >= 0.3 is 21.0 Å². The minimum absolute atomic E-state index is 0.0627. The van der Waals surface area contributed by atoms with Gasteiger partial charge in [0, 0.05) is 6.54 Å². The largest absolute Gasteiger partial charge is 0.480 e. The van der Waals surface area contributed by atoms with Crippen molar-refractivity contribution in [2.24, 2.45) is 15.9 Å². The maximum Gasteiger partial charge on any atom is 0.333 e. The molecule has 0 aromatic carbocycles. The maximum absolute atomic E-state index is 14.1. The van der Waals surface area contributed by atoms with Crippen LogP contribution in [-0.4, -0.2) is 59.0 Å². The summed E-state index contributed by atoms with van der Waals surface area (Å²) in [7, 11) is -7.75. The number of carboxylic acids is 1. The monoisotopic (exact) mass is 457 g/mol. The highest BCUT2D eigenvalue weighted by molar-refractivity contribution is 7.78. The van der Waals surface area contributed by atoms with Crippen molar-refractivity contribution in [3.8, 4) is 0 Å². The summed E-state index contributed by atoms with van der Waals surface area (Å²) in [5.41, 5.74) is 5.00. The van der Waals surface area contributed by atoms with Gasteiger partial charge in [-0.2, -0.15) is 4.76 Å². The first-order chi connectivity index (χ1) is 13.2. The third-order valence-electron chi connectivity index (χ3n) is 5.00. The molecule has 0 radical (unpaired) electrons. The van der Waals surface area contributed by atoms with Crippen LogP contribution in [0.1, 0.15) is 54.4 Å². The fourth-order valence-corrected chi connectivity index (χ4v) is 9.09. The van der Waals surface area contributed by atoms with Gasteiger partial charge in [0.25, 0.3) is 0 Å². The number of hydrogen-bond donors (Lipinski definition) is 2. The summed E-state index contributed by atoms with van der Waals surface area (Å²) in [4.78, 5) is 9.51. The average molecular weight is 457 g/mol. The molecule has 0 bridgehead atoms. The summed E-state index contributed by atoms with van der Waals surface area (Å²) in [6.07, 6.45) is 0.574. The van der Waals surface area contributed by atoms with E-state index in [1.165, 1.54) is 18.5 Å².